The van der Waals surface area contributed by atoms with Gasteiger partial charge in [0.05, 0.1) is 34.5 Å². The van der Waals surface area contributed by atoms with Crippen LogP contribution < -0.4 is 9.80 Å². The van der Waals surface area contributed by atoms with E-state index in [-0.39, 0.29) is 35.8 Å². The summed E-state index contributed by atoms with van der Waals surface area (Å²) in [5.41, 5.74) is 1.88. The number of hydrogen-bond acceptors (Lipinski definition) is 5. The molecule has 3 aromatic rings. The highest BCUT2D eigenvalue weighted by Gasteiger charge is 2.68. The van der Waals surface area contributed by atoms with E-state index in [1.165, 1.54) is 9.80 Å². The van der Waals surface area contributed by atoms with Gasteiger partial charge in [-0.1, -0.05) is 54.1 Å². The number of carbonyl (C=O) groups is 4. The second-order valence-corrected chi connectivity index (χ2v) is 13.6. The van der Waals surface area contributed by atoms with Gasteiger partial charge in [0.1, 0.15) is 5.75 Å². The minimum atomic E-state index is -1.21. The van der Waals surface area contributed by atoms with Crippen LogP contribution in [-0.4, -0.2) is 28.7 Å². The molecule has 1 N–H and O–H groups in total. The van der Waals surface area contributed by atoms with E-state index in [0.717, 1.165) is 9.14 Å². The van der Waals surface area contributed by atoms with Crippen molar-refractivity contribution < 1.29 is 24.3 Å². The Morgan fingerprint density at radius 2 is 1.59 bits per heavy atom. The number of phenols is 1. The highest BCUT2D eigenvalue weighted by atomic mass is 127. The monoisotopic (exact) mass is 698 g/mol. The molecule has 0 aromatic heterocycles. The number of phenolic OH excluding ortho intramolecular Hbond substituents is 1. The smallest absolute Gasteiger partial charge is 0.241 e. The van der Waals surface area contributed by atoms with Crippen LogP contribution in [0.5, 0.6) is 5.75 Å². The van der Waals surface area contributed by atoms with E-state index in [1.807, 2.05) is 49.4 Å². The first-order valence-corrected chi connectivity index (χ1v) is 15.9. The van der Waals surface area contributed by atoms with E-state index < -0.39 is 35.0 Å². The predicted octanol–water partition coefficient (Wildman–Crippen LogP) is 6.16. The maximum Gasteiger partial charge on any atom is 0.241 e. The van der Waals surface area contributed by atoms with Gasteiger partial charge in [-0.3, -0.25) is 24.1 Å². The van der Waals surface area contributed by atoms with Crippen LogP contribution in [0.4, 0.5) is 11.4 Å². The number of hydrogen-bond donors (Lipinski definition) is 1. The zero-order valence-corrected chi connectivity index (χ0v) is 26.3. The van der Waals surface area contributed by atoms with Crippen LogP contribution in [0.3, 0.4) is 0 Å². The van der Waals surface area contributed by atoms with Gasteiger partial charge in [-0.15, -0.1) is 6.58 Å². The molecule has 4 aliphatic rings. The van der Waals surface area contributed by atoms with Gasteiger partial charge in [0.25, 0.3) is 0 Å². The number of nitrogens with zero attached hydrogens (tertiary/aromatic N) is 2. The van der Waals surface area contributed by atoms with E-state index >= 15 is 0 Å². The van der Waals surface area contributed by atoms with Gasteiger partial charge in [0.15, 0.2) is 0 Å². The van der Waals surface area contributed by atoms with Crippen molar-refractivity contribution in [1.82, 2.24) is 0 Å². The normalized spacial score (nSPS) is 29.3. The maximum absolute atomic E-state index is 14.5. The van der Waals surface area contributed by atoms with E-state index in [4.69, 9.17) is 0 Å². The number of amides is 4. The molecule has 2 aliphatic carbocycles. The molecule has 44 heavy (non-hydrogen) atoms. The molecule has 222 valence electrons. The molecule has 0 radical (unpaired) electrons. The van der Waals surface area contributed by atoms with E-state index in [2.05, 4.69) is 29.2 Å². The quantitative estimate of drug-likeness (QED) is 0.196. The van der Waals surface area contributed by atoms with Gasteiger partial charge in [0, 0.05) is 15.1 Å². The summed E-state index contributed by atoms with van der Waals surface area (Å²) in [5, 5.41) is 11.6. The van der Waals surface area contributed by atoms with Gasteiger partial charge in [-0.05, 0) is 96.7 Å². The number of fused-ring (bicyclic) bond motifs is 4. The Hall–Kier alpha value is -4.05. The third-order valence-corrected chi connectivity index (χ3v) is 10.9. The summed E-state index contributed by atoms with van der Waals surface area (Å²) in [6.45, 7) is 5.65. The maximum atomic E-state index is 14.5. The molecule has 2 aliphatic heterocycles. The minimum absolute atomic E-state index is 0.0637. The second-order valence-electron chi connectivity index (χ2n) is 12.3. The van der Waals surface area contributed by atoms with Crippen molar-refractivity contribution in [2.24, 2.45) is 29.1 Å². The van der Waals surface area contributed by atoms with Crippen LogP contribution in [0.1, 0.15) is 36.8 Å². The molecule has 0 bridgehead atoms. The van der Waals surface area contributed by atoms with Crippen molar-refractivity contribution in [1.29, 1.82) is 0 Å². The number of benzene rings is 3. The highest BCUT2D eigenvalue weighted by Crippen LogP contribution is 2.64. The van der Waals surface area contributed by atoms with Crippen molar-refractivity contribution in [3.8, 4) is 5.75 Å². The number of rotatable bonds is 5. The molecule has 1 saturated carbocycles. The first kappa shape index (κ1) is 28.7. The lowest BCUT2D eigenvalue weighted by Gasteiger charge is -2.49. The van der Waals surface area contributed by atoms with Crippen LogP contribution in [0.2, 0.25) is 0 Å². The molecular formula is C36H31IN2O5. The second kappa shape index (κ2) is 10.5. The van der Waals surface area contributed by atoms with Crippen molar-refractivity contribution in [3.63, 3.8) is 0 Å². The summed E-state index contributed by atoms with van der Waals surface area (Å²) < 4.78 is 0.993. The van der Waals surface area contributed by atoms with Crippen molar-refractivity contribution >= 4 is 57.6 Å². The lowest BCUT2D eigenvalue weighted by atomic mass is 9.51. The van der Waals surface area contributed by atoms with Gasteiger partial charge >= 0.3 is 0 Å². The number of halogens is 1. The molecule has 4 amide bonds. The molecule has 6 atom stereocenters. The number of aromatic hydroxyl groups is 1. The highest BCUT2D eigenvalue weighted by molar-refractivity contribution is 14.1. The Kier molecular flexibility index (Phi) is 6.88. The fourth-order valence-electron chi connectivity index (χ4n) is 8.19. The van der Waals surface area contributed by atoms with E-state index in [9.17, 15) is 24.3 Å². The molecule has 2 heterocycles. The first-order valence-electron chi connectivity index (χ1n) is 14.9. The van der Waals surface area contributed by atoms with Gasteiger partial charge in [-0.25, -0.2) is 4.90 Å². The molecule has 3 fully saturated rings. The fourth-order valence-corrected chi connectivity index (χ4v) is 8.55. The number of carbonyl (C=O) groups excluding carboxylic acids is 4. The standard InChI is InChI=1S/C36H31IN2O5/c1-3-8-20-9-7-12-26(31(20)40)30-24-17-18-25-29(34(43)38(32(25)41)23-15-13-21(37)14-16-23)27(24)19-28-33(42)39(35(44)36(28,30)2)22-10-5-4-6-11-22/h3-7,9-17,25,27-30,40H,1,8,18-19H2,2H3. The topological polar surface area (TPSA) is 95.0 Å². The minimum Gasteiger partial charge on any atom is -0.507 e. The Labute approximate surface area is 269 Å². The van der Waals surface area contributed by atoms with Crippen molar-refractivity contribution in [3.05, 3.63) is 112 Å². The molecule has 7 nitrogen and oxygen atoms in total. The number of anilines is 2. The number of imide groups is 2. The van der Waals surface area contributed by atoms with Gasteiger partial charge < -0.3 is 5.11 Å². The fraction of sp³-hybridized carbons (Fsp3) is 0.278. The largest absolute Gasteiger partial charge is 0.507 e. The lowest BCUT2D eigenvalue weighted by Crippen LogP contribution is -2.49. The van der Waals surface area contributed by atoms with Crippen LogP contribution in [0, 0.1) is 32.7 Å². The summed E-state index contributed by atoms with van der Waals surface area (Å²) in [6.07, 6.45) is 4.75. The Balaban J connectivity index is 1.39. The summed E-state index contributed by atoms with van der Waals surface area (Å²) in [7, 11) is 0. The summed E-state index contributed by atoms with van der Waals surface area (Å²) in [5.74, 6) is -4.19. The summed E-state index contributed by atoms with van der Waals surface area (Å²) in [4.78, 5) is 59.3. The Bertz CT molecular complexity index is 1770. The molecule has 3 aromatic carbocycles. The van der Waals surface area contributed by atoms with Crippen LogP contribution >= 0.6 is 22.6 Å². The summed E-state index contributed by atoms with van der Waals surface area (Å²) in [6, 6.07) is 21.7. The summed E-state index contributed by atoms with van der Waals surface area (Å²) >= 11 is 2.18. The molecule has 7 rings (SSSR count). The Morgan fingerprint density at radius 1 is 0.886 bits per heavy atom. The van der Waals surface area contributed by atoms with E-state index in [1.54, 1.807) is 42.5 Å². The number of allylic oxidation sites excluding steroid dienone is 3. The first-order chi connectivity index (χ1) is 21.2. The predicted molar refractivity (Wildman–Crippen MR) is 175 cm³/mol. The average molecular weight is 699 g/mol. The third-order valence-electron chi connectivity index (χ3n) is 10.2. The molecule has 0 spiro atoms. The van der Waals surface area contributed by atoms with Crippen LogP contribution in [-0.2, 0) is 25.6 Å². The molecular weight excluding hydrogens is 667 g/mol. The average Bonchev–Trinajstić information content (AvgIpc) is 3.39. The third kappa shape index (κ3) is 3.99. The number of para-hydroxylation sites is 2. The van der Waals surface area contributed by atoms with E-state index in [0.29, 0.717) is 35.3 Å². The zero-order chi connectivity index (χ0) is 30.9. The van der Waals surface area contributed by atoms with Crippen molar-refractivity contribution in [2.75, 3.05) is 9.80 Å². The molecule has 8 heteroatoms. The van der Waals surface area contributed by atoms with Gasteiger partial charge in [-0.2, -0.15) is 0 Å². The SMILES string of the molecule is C=CCc1cccc(C2C3=CCC4C(=O)N(c5ccc(I)cc5)C(=O)C4C3CC3C(=O)N(c4ccccc4)C(=O)C32C)c1O. The van der Waals surface area contributed by atoms with Gasteiger partial charge in [0.2, 0.25) is 23.6 Å². The van der Waals surface area contributed by atoms with Crippen molar-refractivity contribution in [2.45, 2.75) is 32.1 Å². The Morgan fingerprint density at radius 3 is 2.30 bits per heavy atom. The lowest BCUT2D eigenvalue weighted by molar-refractivity contribution is -0.131. The molecule has 6 unspecified atom stereocenters. The zero-order valence-electron chi connectivity index (χ0n) is 24.2. The van der Waals surface area contributed by atoms with Crippen LogP contribution in [0.15, 0.2) is 97.1 Å². The molecule has 2 saturated heterocycles. The van der Waals surface area contributed by atoms with Crippen LogP contribution in [0.25, 0.3) is 0 Å².